The van der Waals surface area contributed by atoms with Crippen LogP contribution in [-0.4, -0.2) is 56.5 Å². The molecule has 144 valence electrons. The monoisotopic (exact) mass is 384 g/mol. The number of carbonyl (C=O) groups is 1. The highest BCUT2D eigenvalue weighted by Crippen LogP contribution is 2.34. The number of hydrogen-bond acceptors (Lipinski definition) is 5. The summed E-state index contributed by atoms with van der Waals surface area (Å²) in [4.78, 5) is 11.1. The van der Waals surface area contributed by atoms with Gasteiger partial charge in [-0.25, -0.2) is 17.9 Å². The highest BCUT2D eigenvalue weighted by atomic mass is 32.2. The molecule has 0 radical (unpaired) electrons. The molecule has 9 heteroatoms. The third kappa shape index (κ3) is 4.53. The standard InChI is InChI=1S/C17H24N2O6S/c1-17(2)24-9-12(25-17)8-18-26(22,23)10-14-13-6-4-3-5-11(13)7-15(14)19-16(20)21/h3-6,12,14-15,18-19H,7-10H2,1-2H3,(H,20,21)/t12?,14-,15+/m0/s1. The predicted molar refractivity (Wildman–Crippen MR) is 94.5 cm³/mol. The van der Waals surface area contributed by atoms with Gasteiger partial charge in [-0.3, -0.25) is 0 Å². The van der Waals surface area contributed by atoms with Crippen LogP contribution >= 0.6 is 0 Å². The highest BCUT2D eigenvalue weighted by Gasteiger charge is 2.37. The Hall–Kier alpha value is -1.68. The Bertz CT molecular complexity index is 779. The van der Waals surface area contributed by atoms with E-state index >= 15 is 0 Å². The maximum absolute atomic E-state index is 12.6. The Morgan fingerprint density at radius 1 is 1.35 bits per heavy atom. The molecule has 1 aliphatic heterocycles. The molecule has 0 saturated carbocycles. The van der Waals surface area contributed by atoms with Gasteiger partial charge in [0.05, 0.1) is 18.5 Å². The number of carboxylic acid groups (broad SMARTS) is 1. The molecule has 3 N–H and O–H groups in total. The molecule has 3 atom stereocenters. The first kappa shape index (κ1) is 19.1. The van der Waals surface area contributed by atoms with Gasteiger partial charge in [0.1, 0.15) is 0 Å². The summed E-state index contributed by atoms with van der Waals surface area (Å²) >= 11 is 0. The van der Waals surface area contributed by atoms with Crippen molar-refractivity contribution in [1.29, 1.82) is 0 Å². The van der Waals surface area contributed by atoms with Crippen LogP contribution in [0.2, 0.25) is 0 Å². The third-order valence-electron chi connectivity index (χ3n) is 4.69. The van der Waals surface area contributed by atoms with E-state index in [2.05, 4.69) is 10.0 Å². The van der Waals surface area contributed by atoms with Gasteiger partial charge in [-0.15, -0.1) is 0 Å². The van der Waals surface area contributed by atoms with Crippen LogP contribution < -0.4 is 10.0 Å². The molecule has 8 nitrogen and oxygen atoms in total. The van der Waals surface area contributed by atoms with Crippen molar-refractivity contribution in [3.63, 3.8) is 0 Å². The van der Waals surface area contributed by atoms with Gasteiger partial charge in [-0.05, 0) is 31.4 Å². The van der Waals surface area contributed by atoms with E-state index in [1.165, 1.54) is 0 Å². The fourth-order valence-corrected chi connectivity index (χ4v) is 5.02. The van der Waals surface area contributed by atoms with Gasteiger partial charge in [0.2, 0.25) is 10.0 Å². The topological polar surface area (TPSA) is 114 Å². The average Bonchev–Trinajstić information content (AvgIpc) is 3.05. The zero-order chi connectivity index (χ0) is 18.9. The SMILES string of the molecule is CC1(C)OCC(CNS(=O)(=O)C[C@H]2c3ccccc3C[C@H]2NC(=O)O)O1. The molecule has 0 aromatic heterocycles. The molecule has 26 heavy (non-hydrogen) atoms. The minimum atomic E-state index is -3.62. The second-order valence-corrected chi connectivity index (χ2v) is 9.00. The largest absolute Gasteiger partial charge is 0.465 e. The summed E-state index contributed by atoms with van der Waals surface area (Å²) in [5.41, 5.74) is 1.85. The van der Waals surface area contributed by atoms with Crippen molar-refractivity contribution >= 4 is 16.1 Å². The molecule has 2 aliphatic rings. The quantitative estimate of drug-likeness (QED) is 0.675. The van der Waals surface area contributed by atoms with E-state index in [0.29, 0.717) is 13.0 Å². The number of amides is 1. The van der Waals surface area contributed by atoms with Crippen molar-refractivity contribution in [2.24, 2.45) is 0 Å². The molecule has 1 aliphatic carbocycles. The summed E-state index contributed by atoms with van der Waals surface area (Å²) in [6, 6.07) is 6.99. The van der Waals surface area contributed by atoms with Gasteiger partial charge in [-0.2, -0.15) is 0 Å². The molecule has 1 unspecified atom stereocenters. The summed E-state index contributed by atoms with van der Waals surface area (Å²) in [5, 5.41) is 11.5. The lowest BCUT2D eigenvalue weighted by atomic mass is 10.0. The van der Waals surface area contributed by atoms with Crippen LogP contribution in [0.15, 0.2) is 24.3 Å². The number of ether oxygens (including phenoxy) is 2. The van der Waals surface area contributed by atoms with Crippen molar-refractivity contribution in [2.75, 3.05) is 18.9 Å². The van der Waals surface area contributed by atoms with Gasteiger partial charge >= 0.3 is 6.09 Å². The van der Waals surface area contributed by atoms with Gasteiger partial charge < -0.3 is 19.9 Å². The van der Waals surface area contributed by atoms with Crippen molar-refractivity contribution in [3.8, 4) is 0 Å². The first-order valence-corrected chi connectivity index (χ1v) is 10.2. The van der Waals surface area contributed by atoms with E-state index < -0.39 is 33.9 Å². The van der Waals surface area contributed by atoms with E-state index in [1.54, 1.807) is 13.8 Å². The molecule has 1 amide bonds. The molecular formula is C17H24N2O6S. The molecule has 1 aromatic rings. The molecule has 1 fully saturated rings. The number of nitrogens with one attached hydrogen (secondary N) is 2. The molecular weight excluding hydrogens is 360 g/mol. The van der Waals surface area contributed by atoms with E-state index in [4.69, 9.17) is 14.6 Å². The normalized spacial score (nSPS) is 27.2. The number of sulfonamides is 1. The second kappa shape index (κ2) is 7.15. The maximum atomic E-state index is 12.6. The third-order valence-corrected chi connectivity index (χ3v) is 6.09. The van der Waals surface area contributed by atoms with E-state index in [9.17, 15) is 13.2 Å². The number of fused-ring (bicyclic) bond motifs is 1. The summed E-state index contributed by atoms with van der Waals surface area (Å²) in [6.45, 7) is 4.00. The van der Waals surface area contributed by atoms with Crippen LogP contribution in [0.4, 0.5) is 4.79 Å². The van der Waals surface area contributed by atoms with Crippen molar-refractivity contribution in [1.82, 2.24) is 10.0 Å². The van der Waals surface area contributed by atoms with E-state index in [0.717, 1.165) is 11.1 Å². The summed E-state index contributed by atoms with van der Waals surface area (Å²) in [7, 11) is -3.62. The molecule has 1 aromatic carbocycles. The lowest BCUT2D eigenvalue weighted by Crippen LogP contribution is -2.42. The van der Waals surface area contributed by atoms with Gasteiger partial charge in [0, 0.05) is 18.5 Å². The van der Waals surface area contributed by atoms with Crippen molar-refractivity contribution in [2.45, 2.75) is 44.1 Å². The number of hydrogen-bond donors (Lipinski definition) is 3. The number of rotatable bonds is 6. The molecule has 0 bridgehead atoms. The lowest BCUT2D eigenvalue weighted by molar-refractivity contribution is -0.137. The predicted octanol–water partition coefficient (Wildman–Crippen LogP) is 1.03. The smallest absolute Gasteiger partial charge is 0.404 e. The summed E-state index contributed by atoms with van der Waals surface area (Å²) < 4.78 is 38.7. The Kier molecular flexibility index (Phi) is 5.25. The Morgan fingerprint density at radius 3 is 2.73 bits per heavy atom. The van der Waals surface area contributed by atoms with Crippen LogP contribution in [0.3, 0.4) is 0 Å². The minimum Gasteiger partial charge on any atom is -0.465 e. The molecule has 1 saturated heterocycles. The summed E-state index contributed by atoms with van der Waals surface area (Å²) in [5.74, 6) is -1.33. The average molecular weight is 384 g/mol. The van der Waals surface area contributed by atoms with Crippen molar-refractivity contribution < 1.29 is 27.8 Å². The molecule has 1 heterocycles. The Labute approximate surface area is 152 Å². The first-order valence-electron chi connectivity index (χ1n) is 8.51. The zero-order valence-corrected chi connectivity index (χ0v) is 15.6. The van der Waals surface area contributed by atoms with Gasteiger partial charge in [0.25, 0.3) is 0 Å². The van der Waals surface area contributed by atoms with Crippen LogP contribution in [0.25, 0.3) is 0 Å². The number of benzene rings is 1. The Balaban J connectivity index is 1.67. The van der Waals surface area contributed by atoms with Crippen LogP contribution in [-0.2, 0) is 25.9 Å². The first-order chi connectivity index (χ1) is 12.2. The molecule has 3 rings (SSSR count). The second-order valence-electron chi connectivity index (χ2n) is 7.15. The van der Waals surface area contributed by atoms with Gasteiger partial charge in [0.15, 0.2) is 5.79 Å². The lowest BCUT2D eigenvalue weighted by Gasteiger charge is -2.21. The zero-order valence-electron chi connectivity index (χ0n) is 14.8. The van der Waals surface area contributed by atoms with E-state index in [-0.39, 0.29) is 18.4 Å². The molecule has 0 spiro atoms. The fraction of sp³-hybridized carbons (Fsp3) is 0.588. The summed E-state index contributed by atoms with van der Waals surface area (Å²) in [6.07, 6.45) is -1.02. The van der Waals surface area contributed by atoms with Crippen LogP contribution in [0.5, 0.6) is 0 Å². The van der Waals surface area contributed by atoms with Gasteiger partial charge in [-0.1, -0.05) is 24.3 Å². The van der Waals surface area contributed by atoms with E-state index in [1.807, 2.05) is 24.3 Å². The fourth-order valence-electron chi connectivity index (χ4n) is 3.57. The highest BCUT2D eigenvalue weighted by molar-refractivity contribution is 7.89. The Morgan fingerprint density at radius 2 is 2.08 bits per heavy atom. The maximum Gasteiger partial charge on any atom is 0.404 e. The minimum absolute atomic E-state index is 0.122. The van der Waals surface area contributed by atoms with Crippen molar-refractivity contribution in [3.05, 3.63) is 35.4 Å². The van der Waals surface area contributed by atoms with Crippen LogP contribution in [0.1, 0.15) is 30.9 Å². The van der Waals surface area contributed by atoms with Crippen LogP contribution in [0, 0.1) is 0 Å².